The van der Waals surface area contributed by atoms with Crippen molar-refractivity contribution in [2.24, 2.45) is 0 Å². The van der Waals surface area contributed by atoms with Crippen molar-refractivity contribution in [2.45, 2.75) is 13.0 Å². The minimum Gasteiger partial charge on any atom is -0.508 e. The second-order valence-corrected chi connectivity index (χ2v) is 4.53. The molecule has 1 atom stereocenters. The van der Waals surface area contributed by atoms with Crippen molar-refractivity contribution in [1.82, 2.24) is 5.32 Å². The van der Waals surface area contributed by atoms with Gasteiger partial charge >= 0.3 is 0 Å². The van der Waals surface area contributed by atoms with E-state index in [1.165, 1.54) is 12.1 Å². The summed E-state index contributed by atoms with van der Waals surface area (Å²) >= 11 is 0. The highest BCUT2D eigenvalue weighted by molar-refractivity contribution is 5.97. The van der Waals surface area contributed by atoms with Gasteiger partial charge in [0.2, 0.25) is 0 Å². The predicted molar refractivity (Wildman–Crippen MR) is 76.5 cm³/mol. The lowest BCUT2D eigenvalue weighted by atomic mass is 10.1. The smallest absolute Gasteiger partial charge is 0.255 e. The molecule has 104 valence electrons. The van der Waals surface area contributed by atoms with Gasteiger partial charge in [-0.25, -0.2) is 0 Å². The van der Waals surface area contributed by atoms with Gasteiger partial charge in [0.15, 0.2) is 0 Å². The number of carbonyl (C=O) groups excluding carboxylic acids is 1. The van der Waals surface area contributed by atoms with E-state index in [1.807, 2.05) is 18.2 Å². The molecule has 0 aliphatic carbocycles. The largest absolute Gasteiger partial charge is 0.508 e. The van der Waals surface area contributed by atoms with Crippen LogP contribution in [0.5, 0.6) is 11.5 Å². The van der Waals surface area contributed by atoms with Gasteiger partial charge in [-0.3, -0.25) is 4.79 Å². The second kappa shape index (κ2) is 5.52. The molecule has 2 aromatic rings. The molecule has 0 saturated carbocycles. The molecule has 0 fully saturated rings. The fraction of sp³-hybridized carbons (Fsp3) is 0.133. The lowest BCUT2D eigenvalue weighted by Gasteiger charge is -2.16. The maximum atomic E-state index is 12.1. The minimum atomic E-state index is -0.432. The molecule has 0 aromatic heterocycles. The highest BCUT2D eigenvalue weighted by atomic mass is 16.3. The number of carbonyl (C=O) groups is 1. The van der Waals surface area contributed by atoms with E-state index in [1.54, 1.807) is 13.0 Å². The zero-order valence-electron chi connectivity index (χ0n) is 11.0. The molecular weight excluding hydrogens is 256 g/mol. The number of aromatic hydroxyl groups is 2. The van der Waals surface area contributed by atoms with Gasteiger partial charge in [0.05, 0.1) is 11.6 Å². The third-order valence-corrected chi connectivity index (χ3v) is 3.04. The summed E-state index contributed by atoms with van der Waals surface area (Å²) in [7, 11) is 0. The van der Waals surface area contributed by atoms with Gasteiger partial charge < -0.3 is 21.3 Å². The van der Waals surface area contributed by atoms with Crippen LogP contribution in [0.3, 0.4) is 0 Å². The first-order chi connectivity index (χ1) is 9.49. The van der Waals surface area contributed by atoms with Crippen LogP contribution in [-0.4, -0.2) is 16.1 Å². The maximum absolute atomic E-state index is 12.1. The first-order valence-electron chi connectivity index (χ1n) is 6.16. The lowest BCUT2D eigenvalue weighted by molar-refractivity contribution is 0.0937. The van der Waals surface area contributed by atoms with E-state index in [0.717, 1.165) is 11.6 Å². The van der Waals surface area contributed by atoms with Crippen LogP contribution in [0.15, 0.2) is 42.5 Å². The average molecular weight is 272 g/mol. The Morgan fingerprint density at radius 1 is 1.20 bits per heavy atom. The number of nitrogens with two attached hydrogens (primary N) is 1. The Bertz CT molecular complexity index is 641. The highest BCUT2D eigenvalue weighted by Gasteiger charge is 2.16. The van der Waals surface area contributed by atoms with Gasteiger partial charge in [-0.05, 0) is 30.7 Å². The first-order valence-corrected chi connectivity index (χ1v) is 6.16. The Morgan fingerprint density at radius 2 is 1.90 bits per heavy atom. The molecule has 0 bridgehead atoms. The number of nitrogens with one attached hydrogen (secondary N) is 1. The van der Waals surface area contributed by atoms with Gasteiger partial charge in [-0.15, -0.1) is 0 Å². The van der Waals surface area contributed by atoms with Crippen molar-refractivity contribution in [3.8, 4) is 11.5 Å². The van der Waals surface area contributed by atoms with Gasteiger partial charge in [0.1, 0.15) is 11.5 Å². The fourth-order valence-corrected chi connectivity index (χ4v) is 1.97. The van der Waals surface area contributed by atoms with Crippen LogP contribution in [-0.2, 0) is 0 Å². The summed E-state index contributed by atoms with van der Waals surface area (Å²) in [5, 5.41) is 21.6. The Morgan fingerprint density at radius 3 is 2.55 bits per heavy atom. The summed E-state index contributed by atoms with van der Waals surface area (Å²) < 4.78 is 0. The molecule has 5 nitrogen and oxygen atoms in total. The van der Waals surface area contributed by atoms with Crippen LogP contribution in [0.2, 0.25) is 0 Å². The highest BCUT2D eigenvalue weighted by Crippen LogP contribution is 2.24. The molecule has 2 aromatic carbocycles. The molecule has 1 unspecified atom stereocenters. The van der Waals surface area contributed by atoms with Gasteiger partial charge in [0, 0.05) is 11.8 Å². The van der Waals surface area contributed by atoms with E-state index in [4.69, 9.17) is 5.73 Å². The Kier molecular flexibility index (Phi) is 3.79. The van der Waals surface area contributed by atoms with Crippen molar-refractivity contribution in [3.63, 3.8) is 0 Å². The molecule has 2 rings (SSSR count). The van der Waals surface area contributed by atoms with Gasteiger partial charge in [-0.2, -0.15) is 0 Å². The number of hydrogen-bond acceptors (Lipinski definition) is 4. The van der Waals surface area contributed by atoms with Crippen molar-refractivity contribution >= 4 is 11.6 Å². The number of anilines is 1. The van der Waals surface area contributed by atoms with Crippen LogP contribution in [0.1, 0.15) is 28.9 Å². The number of para-hydroxylation sites is 1. The number of benzene rings is 2. The topological polar surface area (TPSA) is 95.6 Å². The van der Waals surface area contributed by atoms with E-state index < -0.39 is 5.91 Å². The van der Waals surface area contributed by atoms with E-state index in [2.05, 4.69) is 5.32 Å². The molecule has 0 aliphatic heterocycles. The zero-order valence-corrected chi connectivity index (χ0v) is 11.0. The molecule has 1 amide bonds. The summed E-state index contributed by atoms with van der Waals surface area (Å²) in [6.45, 7) is 1.81. The summed E-state index contributed by atoms with van der Waals surface area (Å²) in [6.07, 6.45) is 0. The summed E-state index contributed by atoms with van der Waals surface area (Å²) in [6, 6.07) is 10.8. The zero-order chi connectivity index (χ0) is 14.7. The number of hydrogen-bond donors (Lipinski definition) is 4. The minimum absolute atomic E-state index is 0.0978. The monoisotopic (exact) mass is 272 g/mol. The third kappa shape index (κ3) is 2.83. The standard InChI is InChI=1S/C15H16N2O3/c1-9(11-4-2-3-5-13(11)16)17-15(20)12-7-6-10(18)8-14(12)19/h2-9,18-19H,16H2,1H3,(H,17,20). The quantitative estimate of drug-likeness (QED) is 0.644. The first kappa shape index (κ1) is 13.7. The number of phenols is 2. The molecular formula is C15H16N2O3. The molecule has 0 aliphatic rings. The number of nitrogen functional groups attached to an aromatic ring is 1. The van der Waals surface area contributed by atoms with Crippen LogP contribution in [0, 0.1) is 0 Å². The Labute approximate surface area is 116 Å². The maximum Gasteiger partial charge on any atom is 0.255 e. The van der Waals surface area contributed by atoms with Crippen molar-refractivity contribution in [3.05, 3.63) is 53.6 Å². The Hall–Kier alpha value is -2.69. The lowest BCUT2D eigenvalue weighted by Crippen LogP contribution is -2.27. The molecule has 5 heteroatoms. The molecule has 20 heavy (non-hydrogen) atoms. The van der Waals surface area contributed by atoms with Crippen LogP contribution in [0.25, 0.3) is 0 Å². The number of amides is 1. The van der Waals surface area contributed by atoms with Crippen molar-refractivity contribution < 1.29 is 15.0 Å². The normalized spacial score (nSPS) is 11.8. The third-order valence-electron chi connectivity index (χ3n) is 3.04. The number of phenolic OH excluding ortho intramolecular Hbond substituents is 2. The summed E-state index contributed by atoms with van der Waals surface area (Å²) in [4.78, 5) is 12.1. The van der Waals surface area contributed by atoms with Crippen molar-refractivity contribution in [1.29, 1.82) is 0 Å². The van der Waals surface area contributed by atoms with Gasteiger partial charge in [-0.1, -0.05) is 18.2 Å². The van der Waals surface area contributed by atoms with Crippen LogP contribution < -0.4 is 11.1 Å². The molecule has 5 N–H and O–H groups in total. The predicted octanol–water partition coefficient (Wildman–Crippen LogP) is 2.17. The fourth-order valence-electron chi connectivity index (χ4n) is 1.97. The summed E-state index contributed by atoms with van der Waals surface area (Å²) in [5.74, 6) is -0.798. The molecule has 0 radical (unpaired) electrons. The molecule has 0 saturated heterocycles. The van der Waals surface area contributed by atoms with E-state index in [0.29, 0.717) is 5.69 Å². The van der Waals surface area contributed by atoms with E-state index in [9.17, 15) is 15.0 Å². The van der Waals surface area contributed by atoms with Crippen molar-refractivity contribution in [2.75, 3.05) is 5.73 Å². The van der Waals surface area contributed by atoms with Gasteiger partial charge in [0.25, 0.3) is 5.91 Å². The number of rotatable bonds is 3. The Balaban J connectivity index is 2.17. The van der Waals surface area contributed by atoms with E-state index in [-0.39, 0.29) is 23.1 Å². The summed E-state index contributed by atoms with van der Waals surface area (Å²) in [5.41, 5.74) is 7.35. The second-order valence-electron chi connectivity index (χ2n) is 4.53. The molecule has 0 heterocycles. The molecule has 0 spiro atoms. The SMILES string of the molecule is CC(NC(=O)c1ccc(O)cc1O)c1ccccc1N. The van der Waals surface area contributed by atoms with Crippen LogP contribution >= 0.6 is 0 Å². The average Bonchev–Trinajstić information content (AvgIpc) is 2.38. The van der Waals surface area contributed by atoms with E-state index >= 15 is 0 Å². The van der Waals surface area contributed by atoms with Crippen LogP contribution in [0.4, 0.5) is 5.69 Å².